The number of aromatic amines is 1. The summed E-state index contributed by atoms with van der Waals surface area (Å²) in [6.07, 6.45) is 7.96. The first-order valence-corrected chi connectivity index (χ1v) is 12.8. The second kappa shape index (κ2) is 10.4. The average molecular weight is 528 g/mol. The largest absolute Gasteiger partial charge is 0.367 e. The number of carbonyl (C=O) groups is 1. The number of pyridine rings is 1. The van der Waals surface area contributed by atoms with Crippen molar-refractivity contribution in [3.63, 3.8) is 0 Å². The number of carbonyl (C=O) groups excluding carboxylic acids is 1. The van der Waals surface area contributed by atoms with Gasteiger partial charge in [-0.25, -0.2) is 13.8 Å². The highest BCUT2D eigenvalue weighted by Gasteiger charge is 2.27. The van der Waals surface area contributed by atoms with E-state index in [0.717, 1.165) is 47.7 Å². The van der Waals surface area contributed by atoms with Crippen molar-refractivity contribution in [3.05, 3.63) is 108 Å². The number of aromatic nitrogens is 2. The number of anilines is 3. The molecule has 1 amide bonds. The van der Waals surface area contributed by atoms with Gasteiger partial charge >= 0.3 is 0 Å². The van der Waals surface area contributed by atoms with Crippen molar-refractivity contribution in [2.75, 3.05) is 21.7 Å². The van der Waals surface area contributed by atoms with Crippen molar-refractivity contribution in [2.24, 2.45) is 0 Å². The molecular weight excluding hydrogens is 496 g/mol. The van der Waals surface area contributed by atoms with E-state index in [1.165, 1.54) is 17.7 Å². The van der Waals surface area contributed by atoms with E-state index in [0.29, 0.717) is 17.8 Å². The summed E-state index contributed by atoms with van der Waals surface area (Å²) in [6, 6.07) is 14.1. The lowest BCUT2D eigenvalue weighted by atomic mass is 10.1. The zero-order valence-corrected chi connectivity index (χ0v) is 22.3. The van der Waals surface area contributed by atoms with Gasteiger partial charge in [0, 0.05) is 78.4 Å². The van der Waals surface area contributed by atoms with Crippen LogP contribution < -0.4 is 15.1 Å². The third-order valence-electron chi connectivity index (χ3n) is 6.74. The van der Waals surface area contributed by atoms with Gasteiger partial charge in [0.05, 0.1) is 0 Å². The molecule has 1 aliphatic heterocycles. The van der Waals surface area contributed by atoms with Crippen LogP contribution in [-0.4, -0.2) is 22.4 Å². The normalized spacial score (nSPS) is 12.8. The molecule has 2 N–H and O–H groups in total. The number of fused-ring (bicyclic) bond motifs is 2. The average Bonchev–Trinajstić information content (AvgIpc) is 3.53. The van der Waals surface area contributed by atoms with E-state index in [1.807, 2.05) is 44.4 Å². The highest BCUT2D eigenvalue weighted by atomic mass is 19.3. The molecule has 0 bridgehead atoms. The number of rotatable bonds is 8. The first-order chi connectivity index (χ1) is 18.6. The van der Waals surface area contributed by atoms with E-state index in [1.54, 1.807) is 29.4 Å². The quantitative estimate of drug-likeness (QED) is 0.251. The molecule has 2 aromatic heterocycles. The predicted molar refractivity (Wildman–Crippen MR) is 153 cm³/mol. The zero-order valence-electron chi connectivity index (χ0n) is 22.3. The number of amides is 1. The number of nitrogens with zero attached hydrogens (tertiary/aromatic N) is 3. The van der Waals surface area contributed by atoms with Crippen LogP contribution in [0.25, 0.3) is 11.0 Å². The second-order valence-electron chi connectivity index (χ2n) is 10.2. The molecule has 200 valence electrons. The maximum absolute atomic E-state index is 14.4. The molecule has 0 aliphatic carbocycles. The summed E-state index contributed by atoms with van der Waals surface area (Å²) in [6.45, 7) is 9.96. The number of halogens is 2. The molecule has 0 saturated heterocycles. The molecule has 5 rings (SSSR count). The van der Waals surface area contributed by atoms with Crippen LogP contribution in [-0.2, 0) is 18.9 Å². The Morgan fingerprint density at radius 3 is 2.77 bits per heavy atom. The Morgan fingerprint density at radius 2 is 2.03 bits per heavy atom. The van der Waals surface area contributed by atoms with Crippen molar-refractivity contribution in [1.29, 1.82) is 0 Å². The van der Waals surface area contributed by atoms with Gasteiger partial charge in [0.15, 0.2) is 0 Å². The van der Waals surface area contributed by atoms with Gasteiger partial charge in [-0.15, -0.1) is 0 Å². The summed E-state index contributed by atoms with van der Waals surface area (Å²) in [7, 11) is 0. The van der Waals surface area contributed by atoms with Gasteiger partial charge in [0.25, 0.3) is 11.8 Å². The van der Waals surface area contributed by atoms with E-state index >= 15 is 0 Å². The SMILES string of the molecule is C=CN(C=C(C)C)c1cc(NC(=O)c2ccc3c(c2)N(Cc2cnc4[nH]ccc4c2)CC3)cc(C(C)(F)F)c1. The lowest BCUT2D eigenvalue weighted by Gasteiger charge is -2.21. The smallest absolute Gasteiger partial charge is 0.270 e. The molecule has 0 spiro atoms. The maximum atomic E-state index is 14.4. The van der Waals surface area contributed by atoms with Crippen LogP contribution in [0, 0.1) is 0 Å². The Morgan fingerprint density at radius 1 is 1.21 bits per heavy atom. The number of benzene rings is 2. The molecule has 0 fully saturated rings. The minimum absolute atomic E-state index is 0.197. The summed E-state index contributed by atoms with van der Waals surface area (Å²) in [5.41, 5.74) is 6.09. The molecule has 1 aliphatic rings. The molecule has 0 unspecified atom stereocenters. The van der Waals surface area contributed by atoms with Crippen LogP contribution in [0.2, 0.25) is 0 Å². The number of nitrogens with one attached hydrogen (secondary N) is 2. The molecule has 4 aromatic rings. The van der Waals surface area contributed by atoms with Gasteiger partial charge in [-0.05, 0) is 73.9 Å². The Balaban J connectivity index is 1.40. The lowest BCUT2D eigenvalue weighted by Crippen LogP contribution is -2.20. The molecule has 2 aromatic carbocycles. The minimum Gasteiger partial charge on any atom is -0.367 e. The molecule has 8 heteroatoms. The van der Waals surface area contributed by atoms with Gasteiger partial charge in [0.2, 0.25) is 0 Å². The lowest BCUT2D eigenvalue weighted by molar-refractivity contribution is 0.0175. The minimum atomic E-state index is -3.08. The number of hydrogen-bond donors (Lipinski definition) is 2. The third kappa shape index (κ3) is 5.70. The highest BCUT2D eigenvalue weighted by molar-refractivity contribution is 6.05. The Kier molecular flexibility index (Phi) is 6.95. The molecule has 39 heavy (non-hydrogen) atoms. The standard InChI is InChI=1S/C31H31F2N5O/c1-5-37(18-20(2)3)27-15-25(31(4,32)33)14-26(16-27)36-30(39)24-7-6-22-9-11-38(28(22)13-24)19-21-12-23-8-10-34-29(23)35-17-21/h5-8,10,12-18H,1,9,11,19H2,2-4H3,(H,34,35)(H,36,39). The second-order valence-corrected chi connectivity index (χ2v) is 10.2. The zero-order chi connectivity index (χ0) is 27.7. The highest BCUT2D eigenvalue weighted by Crippen LogP contribution is 2.35. The van der Waals surface area contributed by atoms with Crippen LogP contribution in [0.4, 0.5) is 25.8 Å². The summed E-state index contributed by atoms with van der Waals surface area (Å²) < 4.78 is 28.7. The first kappa shape index (κ1) is 26.2. The van der Waals surface area contributed by atoms with Gasteiger partial charge in [-0.1, -0.05) is 18.2 Å². The molecule has 0 radical (unpaired) electrons. The van der Waals surface area contributed by atoms with E-state index in [-0.39, 0.29) is 17.2 Å². The fourth-order valence-electron chi connectivity index (χ4n) is 4.84. The van der Waals surface area contributed by atoms with Crippen LogP contribution in [0.3, 0.4) is 0 Å². The van der Waals surface area contributed by atoms with E-state index < -0.39 is 5.92 Å². The topological polar surface area (TPSA) is 64.3 Å². The van der Waals surface area contributed by atoms with Crippen molar-refractivity contribution in [1.82, 2.24) is 9.97 Å². The third-order valence-corrected chi connectivity index (χ3v) is 6.74. The molecule has 0 atom stereocenters. The Bertz CT molecular complexity index is 1580. The van der Waals surface area contributed by atoms with Gasteiger partial charge in [-0.2, -0.15) is 0 Å². The monoisotopic (exact) mass is 527 g/mol. The van der Waals surface area contributed by atoms with Gasteiger partial charge in [0.1, 0.15) is 5.65 Å². The van der Waals surface area contributed by atoms with E-state index in [9.17, 15) is 13.6 Å². The molecule has 3 heterocycles. The van der Waals surface area contributed by atoms with E-state index in [4.69, 9.17) is 0 Å². The van der Waals surface area contributed by atoms with Crippen LogP contribution in [0.15, 0.2) is 85.5 Å². The summed E-state index contributed by atoms with van der Waals surface area (Å²) in [5.74, 6) is -3.45. The summed E-state index contributed by atoms with van der Waals surface area (Å²) in [4.78, 5) is 24.8. The molecule has 0 saturated carbocycles. The van der Waals surface area contributed by atoms with Crippen LogP contribution >= 0.6 is 0 Å². The summed E-state index contributed by atoms with van der Waals surface area (Å²) >= 11 is 0. The number of H-pyrrole nitrogens is 1. The van der Waals surface area contributed by atoms with Crippen LogP contribution in [0.5, 0.6) is 0 Å². The number of allylic oxidation sites excluding steroid dienone is 1. The van der Waals surface area contributed by atoms with Crippen molar-refractivity contribution >= 4 is 34.0 Å². The molecule has 6 nitrogen and oxygen atoms in total. The Hall–Kier alpha value is -4.46. The maximum Gasteiger partial charge on any atom is 0.270 e. The molecular formula is C31H31F2N5O. The van der Waals surface area contributed by atoms with Crippen LogP contribution in [0.1, 0.15) is 47.8 Å². The van der Waals surface area contributed by atoms with Crippen molar-refractivity contribution in [2.45, 2.75) is 39.7 Å². The van der Waals surface area contributed by atoms with Gasteiger partial charge < -0.3 is 20.1 Å². The first-order valence-electron chi connectivity index (χ1n) is 12.8. The fraction of sp³-hybridized carbons (Fsp3) is 0.226. The Labute approximate surface area is 226 Å². The number of hydrogen-bond acceptors (Lipinski definition) is 4. The summed E-state index contributed by atoms with van der Waals surface area (Å²) in [5, 5.41) is 3.88. The van der Waals surface area contributed by atoms with Gasteiger partial charge in [-0.3, -0.25) is 4.79 Å². The predicted octanol–water partition coefficient (Wildman–Crippen LogP) is 7.36. The fourth-order valence-corrected chi connectivity index (χ4v) is 4.84. The van der Waals surface area contributed by atoms with Crippen molar-refractivity contribution < 1.29 is 13.6 Å². The van der Waals surface area contributed by atoms with Crippen molar-refractivity contribution in [3.8, 4) is 0 Å². The van der Waals surface area contributed by atoms with E-state index in [2.05, 4.69) is 32.8 Å². The number of alkyl halides is 2.